The van der Waals surface area contributed by atoms with Crippen molar-refractivity contribution < 1.29 is 19.4 Å². The molecule has 0 saturated carbocycles. The van der Waals surface area contributed by atoms with Crippen LogP contribution in [0.25, 0.3) is 0 Å². The lowest BCUT2D eigenvalue weighted by Crippen LogP contribution is -2.51. The Hall–Kier alpha value is -3.13. The van der Waals surface area contributed by atoms with E-state index in [1.165, 1.54) is 6.20 Å². The second-order valence-corrected chi connectivity index (χ2v) is 8.52. The number of nitrogens with zero attached hydrogens (tertiary/aromatic N) is 2. The molecule has 2 saturated heterocycles. The molecule has 4 N–H and O–H groups in total. The topological polar surface area (TPSA) is 118 Å². The van der Waals surface area contributed by atoms with Gasteiger partial charge in [-0.2, -0.15) is 0 Å². The predicted octanol–water partition coefficient (Wildman–Crippen LogP) is 2.04. The van der Waals surface area contributed by atoms with Crippen molar-refractivity contribution in [2.45, 2.75) is 56.7 Å². The van der Waals surface area contributed by atoms with Gasteiger partial charge < -0.3 is 25.8 Å². The molecule has 2 aromatic rings. The molecule has 170 valence electrons. The van der Waals surface area contributed by atoms with Gasteiger partial charge in [-0.25, -0.2) is 4.98 Å². The number of methoxy groups -OCH3 is 1. The lowest BCUT2D eigenvalue weighted by Gasteiger charge is -2.40. The molecule has 2 aliphatic heterocycles. The average Bonchev–Trinajstić information content (AvgIpc) is 3.07. The van der Waals surface area contributed by atoms with E-state index in [0.717, 1.165) is 37.1 Å². The van der Waals surface area contributed by atoms with Crippen molar-refractivity contribution in [3.63, 3.8) is 0 Å². The third-order valence-electron chi connectivity index (χ3n) is 6.55. The monoisotopic (exact) mass is 438 g/mol. The molecule has 4 rings (SSSR count). The van der Waals surface area contributed by atoms with E-state index in [2.05, 4.69) is 15.2 Å². The van der Waals surface area contributed by atoms with Gasteiger partial charge in [-0.05, 0) is 62.8 Å². The summed E-state index contributed by atoms with van der Waals surface area (Å²) in [7, 11) is 1.59. The molecule has 8 nitrogen and oxygen atoms in total. The van der Waals surface area contributed by atoms with E-state index in [0.29, 0.717) is 41.8 Å². The minimum Gasteiger partial charge on any atom is -0.496 e. The Morgan fingerprint density at radius 2 is 1.97 bits per heavy atom. The number of carbonyl (C=O) groups excluding carboxylic acids is 2. The molecule has 8 heteroatoms. The van der Waals surface area contributed by atoms with Crippen LogP contribution in [0.15, 0.2) is 36.5 Å². The Morgan fingerprint density at radius 1 is 1.22 bits per heavy atom. The first kappa shape index (κ1) is 22.1. The molecule has 0 spiro atoms. The van der Waals surface area contributed by atoms with Crippen LogP contribution in [0, 0.1) is 0 Å². The summed E-state index contributed by atoms with van der Waals surface area (Å²) in [5.41, 5.74) is 7.17. The Bertz CT molecular complexity index is 964. The van der Waals surface area contributed by atoms with Gasteiger partial charge in [0.1, 0.15) is 11.6 Å². The minimum absolute atomic E-state index is 0.0649. The van der Waals surface area contributed by atoms with Crippen LogP contribution in [0.2, 0.25) is 0 Å². The van der Waals surface area contributed by atoms with Crippen LogP contribution in [-0.2, 0) is 6.42 Å². The number of carbonyl (C=O) groups is 2. The summed E-state index contributed by atoms with van der Waals surface area (Å²) in [4.78, 5) is 31.3. The Kier molecular flexibility index (Phi) is 6.60. The maximum Gasteiger partial charge on any atom is 0.251 e. The van der Waals surface area contributed by atoms with Crippen molar-refractivity contribution in [2.75, 3.05) is 18.6 Å². The van der Waals surface area contributed by atoms with Crippen LogP contribution in [0.5, 0.6) is 5.75 Å². The number of hydrogen-bond donors (Lipinski definition) is 3. The standard InChI is InChI=1S/C24H30N4O4/c1-32-21-6-2-4-20(19(21)5-3-11-29)24(31)27-16-12-17-8-9-18(13-16)28(17)22-10-7-15(14-26-22)23(25)30/h2,4,6-7,10,14,16-18,29H,3,5,8-9,11-13H2,1H3,(H2,25,30)(H,27,31). The lowest BCUT2D eigenvalue weighted by atomic mass is 9.95. The fourth-order valence-electron chi connectivity index (χ4n) is 5.10. The normalized spacial score (nSPS) is 21.9. The molecule has 1 aromatic carbocycles. The molecule has 2 unspecified atom stereocenters. The van der Waals surface area contributed by atoms with E-state index in [4.69, 9.17) is 10.5 Å². The third kappa shape index (κ3) is 4.41. The zero-order valence-corrected chi connectivity index (χ0v) is 18.3. The summed E-state index contributed by atoms with van der Waals surface area (Å²) < 4.78 is 5.45. The fraction of sp³-hybridized carbons (Fsp3) is 0.458. The number of hydrogen-bond acceptors (Lipinski definition) is 6. The van der Waals surface area contributed by atoms with E-state index in [1.54, 1.807) is 13.2 Å². The number of nitrogens with two attached hydrogens (primary N) is 1. The lowest BCUT2D eigenvalue weighted by molar-refractivity contribution is 0.0924. The highest BCUT2D eigenvalue weighted by Gasteiger charge is 2.42. The van der Waals surface area contributed by atoms with Crippen LogP contribution in [-0.4, -0.2) is 53.7 Å². The minimum atomic E-state index is -0.482. The fourth-order valence-corrected chi connectivity index (χ4v) is 5.10. The van der Waals surface area contributed by atoms with Crippen molar-refractivity contribution in [3.05, 3.63) is 53.2 Å². The molecule has 0 aliphatic carbocycles. The van der Waals surface area contributed by atoms with E-state index in [9.17, 15) is 14.7 Å². The van der Waals surface area contributed by atoms with Crippen molar-refractivity contribution in [1.29, 1.82) is 0 Å². The number of pyridine rings is 1. The molecule has 2 fully saturated rings. The highest BCUT2D eigenvalue weighted by atomic mass is 16.5. The summed E-state index contributed by atoms with van der Waals surface area (Å²) in [6.45, 7) is 0.0649. The van der Waals surface area contributed by atoms with Crippen molar-refractivity contribution in [3.8, 4) is 5.75 Å². The Labute approximate surface area is 187 Å². The number of aromatic nitrogens is 1. The van der Waals surface area contributed by atoms with Gasteiger partial charge in [0.2, 0.25) is 5.91 Å². The highest BCUT2D eigenvalue weighted by molar-refractivity contribution is 5.96. The molecular formula is C24H30N4O4. The van der Waals surface area contributed by atoms with Crippen molar-refractivity contribution in [1.82, 2.24) is 10.3 Å². The van der Waals surface area contributed by atoms with E-state index in [-0.39, 0.29) is 18.6 Å². The predicted molar refractivity (Wildman–Crippen MR) is 121 cm³/mol. The highest BCUT2D eigenvalue weighted by Crippen LogP contribution is 2.38. The molecule has 0 radical (unpaired) electrons. The molecule has 2 aliphatic rings. The van der Waals surface area contributed by atoms with Crippen LogP contribution in [0.1, 0.15) is 58.4 Å². The van der Waals surface area contributed by atoms with E-state index >= 15 is 0 Å². The largest absolute Gasteiger partial charge is 0.496 e. The first-order chi connectivity index (χ1) is 15.5. The second-order valence-electron chi connectivity index (χ2n) is 8.52. The first-order valence-electron chi connectivity index (χ1n) is 11.1. The Morgan fingerprint density at radius 3 is 2.56 bits per heavy atom. The number of benzene rings is 1. The van der Waals surface area contributed by atoms with Crippen LogP contribution < -0.4 is 20.7 Å². The van der Waals surface area contributed by atoms with Gasteiger partial charge in [-0.3, -0.25) is 9.59 Å². The van der Waals surface area contributed by atoms with Crippen molar-refractivity contribution in [2.24, 2.45) is 5.73 Å². The zero-order valence-electron chi connectivity index (χ0n) is 18.3. The van der Waals surface area contributed by atoms with Gasteiger partial charge in [-0.1, -0.05) is 6.07 Å². The maximum atomic E-state index is 13.2. The molecular weight excluding hydrogens is 408 g/mol. The van der Waals surface area contributed by atoms with Crippen LogP contribution in [0.4, 0.5) is 5.82 Å². The summed E-state index contributed by atoms with van der Waals surface area (Å²) in [6.07, 6.45) is 6.48. The molecule has 3 heterocycles. The van der Waals surface area contributed by atoms with Crippen molar-refractivity contribution >= 4 is 17.6 Å². The number of aliphatic hydroxyl groups excluding tert-OH is 1. The van der Waals surface area contributed by atoms with Crippen LogP contribution >= 0.6 is 0 Å². The van der Waals surface area contributed by atoms with Gasteiger partial charge >= 0.3 is 0 Å². The smallest absolute Gasteiger partial charge is 0.251 e. The number of primary amides is 1. The number of amides is 2. The second kappa shape index (κ2) is 9.56. The van der Waals surface area contributed by atoms with Crippen LogP contribution in [0.3, 0.4) is 0 Å². The van der Waals surface area contributed by atoms with Gasteiger partial charge in [-0.15, -0.1) is 0 Å². The SMILES string of the molecule is COc1cccc(C(=O)NC2CC3CCC(C2)N3c2ccc(C(N)=O)cn2)c1CCCO. The van der Waals surface area contributed by atoms with Gasteiger partial charge in [0.05, 0.1) is 12.7 Å². The third-order valence-corrected chi connectivity index (χ3v) is 6.55. The number of aliphatic hydroxyl groups is 1. The molecule has 2 amide bonds. The quantitative estimate of drug-likeness (QED) is 0.581. The number of fused-ring (bicyclic) bond motifs is 2. The average molecular weight is 439 g/mol. The molecule has 1 aromatic heterocycles. The number of anilines is 1. The van der Waals surface area contributed by atoms with E-state index in [1.807, 2.05) is 24.3 Å². The van der Waals surface area contributed by atoms with Gasteiger partial charge in [0, 0.05) is 42.1 Å². The number of ether oxygens (including phenoxy) is 1. The summed E-state index contributed by atoms with van der Waals surface area (Å²) >= 11 is 0. The van der Waals surface area contributed by atoms with Gasteiger partial charge in [0.25, 0.3) is 5.91 Å². The Balaban J connectivity index is 1.46. The first-order valence-corrected chi connectivity index (χ1v) is 11.1. The maximum absolute atomic E-state index is 13.2. The molecule has 32 heavy (non-hydrogen) atoms. The summed E-state index contributed by atoms with van der Waals surface area (Å²) in [5.74, 6) is 0.945. The zero-order chi connectivity index (χ0) is 22.7. The molecule has 2 atom stereocenters. The summed E-state index contributed by atoms with van der Waals surface area (Å²) in [5, 5.41) is 12.5. The van der Waals surface area contributed by atoms with E-state index < -0.39 is 5.91 Å². The molecule has 2 bridgehead atoms. The number of rotatable bonds is 8. The number of nitrogens with one attached hydrogen (secondary N) is 1. The number of piperidine rings is 1. The van der Waals surface area contributed by atoms with Gasteiger partial charge in [0.15, 0.2) is 0 Å². The summed E-state index contributed by atoms with van der Waals surface area (Å²) in [6, 6.07) is 9.73.